The Bertz CT molecular complexity index is 921. The van der Waals surface area contributed by atoms with Gasteiger partial charge in [0.1, 0.15) is 23.1 Å². The molecule has 0 atom stereocenters. The number of hydrogen-bond acceptors (Lipinski definition) is 6. The lowest BCUT2D eigenvalue weighted by molar-refractivity contribution is 0.613. The summed E-state index contributed by atoms with van der Waals surface area (Å²) in [4.78, 5) is 22.4. The van der Waals surface area contributed by atoms with E-state index in [0.717, 1.165) is 54.8 Å². The van der Waals surface area contributed by atoms with E-state index in [9.17, 15) is 4.39 Å². The Morgan fingerprint density at radius 3 is 2.33 bits per heavy atom. The van der Waals surface area contributed by atoms with Gasteiger partial charge in [-0.1, -0.05) is 6.07 Å². The highest BCUT2D eigenvalue weighted by Crippen LogP contribution is 2.25. The molecule has 0 aliphatic carbocycles. The zero-order valence-electron chi connectivity index (χ0n) is 15.4. The van der Waals surface area contributed by atoms with Gasteiger partial charge < -0.3 is 9.80 Å². The van der Waals surface area contributed by atoms with Crippen LogP contribution in [0.4, 0.5) is 16.0 Å². The highest BCUT2D eigenvalue weighted by atomic mass is 19.1. The number of hydrogen-bond donors (Lipinski definition) is 0. The quantitative estimate of drug-likeness (QED) is 0.712. The minimum Gasteiger partial charge on any atom is -0.353 e. The van der Waals surface area contributed by atoms with Crippen molar-refractivity contribution in [1.29, 1.82) is 0 Å². The average molecular weight is 364 g/mol. The van der Waals surface area contributed by atoms with Crippen LogP contribution >= 0.6 is 0 Å². The molecule has 1 aliphatic rings. The predicted molar refractivity (Wildman–Crippen MR) is 103 cm³/mol. The topological polar surface area (TPSA) is 58.0 Å². The molecule has 3 aromatic rings. The van der Waals surface area contributed by atoms with Gasteiger partial charge in [-0.3, -0.25) is 4.98 Å². The van der Waals surface area contributed by atoms with Crippen LogP contribution in [0.15, 0.2) is 42.7 Å². The lowest BCUT2D eigenvalue weighted by Crippen LogP contribution is -2.47. The van der Waals surface area contributed by atoms with Crippen molar-refractivity contribution in [2.45, 2.75) is 13.8 Å². The van der Waals surface area contributed by atoms with Gasteiger partial charge in [0.15, 0.2) is 5.82 Å². The molecule has 0 bridgehead atoms. The first-order valence-corrected chi connectivity index (χ1v) is 9.00. The molecule has 27 heavy (non-hydrogen) atoms. The van der Waals surface area contributed by atoms with Gasteiger partial charge in [-0.05, 0) is 38.1 Å². The van der Waals surface area contributed by atoms with Gasteiger partial charge in [-0.2, -0.15) is 0 Å². The van der Waals surface area contributed by atoms with Gasteiger partial charge in [0.25, 0.3) is 0 Å². The molecule has 0 radical (unpaired) electrons. The second kappa shape index (κ2) is 7.26. The highest BCUT2D eigenvalue weighted by molar-refractivity contribution is 5.58. The summed E-state index contributed by atoms with van der Waals surface area (Å²) in [6, 6.07) is 8.92. The van der Waals surface area contributed by atoms with E-state index in [4.69, 9.17) is 4.98 Å². The third-order valence-electron chi connectivity index (χ3n) is 4.87. The van der Waals surface area contributed by atoms with Crippen LogP contribution in [0.5, 0.6) is 0 Å². The van der Waals surface area contributed by atoms with Crippen molar-refractivity contribution in [2.75, 3.05) is 36.0 Å². The van der Waals surface area contributed by atoms with Gasteiger partial charge in [0, 0.05) is 43.6 Å². The van der Waals surface area contributed by atoms with Crippen molar-refractivity contribution in [3.63, 3.8) is 0 Å². The molecule has 0 amide bonds. The molecule has 7 heteroatoms. The van der Waals surface area contributed by atoms with Crippen LogP contribution in [-0.4, -0.2) is 46.1 Å². The Balaban J connectivity index is 1.56. The van der Waals surface area contributed by atoms with E-state index in [0.29, 0.717) is 5.82 Å². The standard InChI is InChI=1S/C20H21FN6/c1-14-15(2)24-19(17-5-3-4-8-22-17)25-20(14)27-11-9-26(10-12-27)18-7-6-16(21)13-23-18/h3-8,13H,9-12H2,1-2H3. The van der Waals surface area contributed by atoms with Gasteiger partial charge in [0.2, 0.25) is 0 Å². The number of pyridine rings is 2. The molecule has 0 spiro atoms. The normalized spacial score (nSPS) is 14.5. The first-order chi connectivity index (χ1) is 13.1. The fourth-order valence-electron chi connectivity index (χ4n) is 3.23. The largest absolute Gasteiger partial charge is 0.353 e. The number of aryl methyl sites for hydroxylation is 1. The summed E-state index contributed by atoms with van der Waals surface area (Å²) in [6.45, 7) is 7.31. The van der Waals surface area contributed by atoms with Crippen molar-refractivity contribution in [1.82, 2.24) is 19.9 Å². The molecule has 0 unspecified atom stereocenters. The highest BCUT2D eigenvalue weighted by Gasteiger charge is 2.22. The maximum absolute atomic E-state index is 13.1. The smallest absolute Gasteiger partial charge is 0.180 e. The number of aromatic nitrogens is 4. The van der Waals surface area contributed by atoms with E-state index in [-0.39, 0.29) is 5.82 Å². The zero-order valence-corrected chi connectivity index (χ0v) is 15.4. The van der Waals surface area contributed by atoms with Gasteiger partial charge in [-0.25, -0.2) is 19.3 Å². The van der Waals surface area contributed by atoms with E-state index in [2.05, 4.69) is 31.7 Å². The van der Waals surface area contributed by atoms with Crippen molar-refractivity contribution in [2.24, 2.45) is 0 Å². The molecule has 0 N–H and O–H groups in total. The molecular weight excluding hydrogens is 343 g/mol. The minimum absolute atomic E-state index is 0.313. The van der Waals surface area contributed by atoms with Gasteiger partial charge in [0.05, 0.1) is 6.20 Å². The zero-order chi connectivity index (χ0) is 18.8. The molecule has 1 saturated heterocycles. The number of halogens is 1. The summed E-state index contributed by atoms with van der Waals surface area (Å²) in [5.74, 6) is 2.10. The summed E-state index contributed by atoms with van der Waals surface area (Å²) < 4.78 is 13.1. The predicted octanol–water partition coefficient (Wildman–Crippen LogP) is 3.02. The molecule has 0 aromatic carbocycles. The molecule has 1 aliphatic heterocycles. The number of nitrogens with zero attached hydrogens (tertiary/aromatic N) is 6. The van der Waals surface area contributed by atoms with Gasteiger partial charge >= 0.3 is 0 Å². The van der Waals surface area contributed by atoms with Crippen molar-refractivity contribution in [3.8, 4) is 11.5 Å². The lowest BCUT2D eigenvalue weighted by atomic mass is 10.2. The van der Waals surface area contributed by atoms with E-state index < -0.39 is 0 Å². The number of anilines is 2. The number of piperazine rings is 1. The minimum atomic E-state index is -0.313. The SMILES string of the molecule is Cc1nc(-c2ccccn2)nc(N2CCN(c3ccc(F)cn3)CC2)c1C. The van der Waals surface area contributed by atoms with Gasteiger partial charge in [-0.15, -0.1) is 0 Å². The lowest BCUT2D eigenvalue weighted by Gasteiger charge is -2.36. The van der Waals surface area contributed by atoms with Crippen LogP contribution in [0, 0.1) is 19.7 Å². The summed E-state index contributed by atoms with van der Waals surface area (Å²) >= 11 is 0. The molecule has 3 aromatic heterocycles. The van der Waals surface area contributed by atoms with Crippen molar-refractivity contribution in [3.05, 3.63) is 59.8 Å². The van der Waals surface area contributed by atoms with E-state index in [1.54, 1.807) is 12.3 Å². The van der Waals surface area contributed by atoms with Crippen molar-refractivity contribution >= 4 is 11.6 Å². The Labute approximate surface area is 157 Å². The van der Waals surface area contributed by atoms with Crippen LogP contribution in [-0.2, 0) is 0 Å². The van der Waals surface area contributed by atoms with Crippen LogP contribution in [0.1, 0.15) is 11.3 Å². The van der Waals surface area contributed by atoms with E-state index in [1.165, 1.54) is 12.3 Å². The fraction of sp³-hybridized carbons (Fsp3) is 0.300. The second-order valence-corrected chi connectivity index (χ2v) is 6.60. The van der Waals surface area contributed by atoms with Crippen LogP contribution < -0.4 is 9.80 Å². The molecule has 138 valence electrons. The third kappa shape index (κ3) is 3.58. The van der Waals surface area contributed by atoms with Crippen LogP contribution in [0.3, 0.4) is 0 Å². The monoisotopic (exact) mass is 364 g/mol. The molecule has 6 nitrogen and oxygen atoms in total. The van der Waals surface area contributed by atoms with Crippen molar-refractivity contribution < 1.29 is 4.39 Å². The Morgan fingerprint density at radius 1 is 0.889 bits per heavy atom. The summed E-state index contributed by atoms with van der Waals surface area (Å²) in [5.41, 5.74) is 2.82. The first kappa shape index (κ1) is 17.3. The Hall–Kier alpha value is -3.09. The maximum Gasteiger partial charge on any atom is 0.180 e. The summed E-state index contributed by atoms with van der Waals surface area (Å²) in [5, 5.41) is 0. The third-order valence-corrected chi connectivity index (χ3v) is 4.87. The first-order valence-electron chi connectivity index (χ1n) is 9.00. The van der Waals surface area contributed by atoms with Crippen LogP contribution in [0.25, 0.3) is 11.5 Å². The Kier molecular flexibility index (Phi) is 4.66. The number of rotatable bonds is 3. The average Bonchev–Trinajstić information content (AvgIpc) is 2.71. The molecule has 1 fully saturated rings. The molecule has 0 saturated carbocycles. The second-order valence-electron chi connectivity index (χ2n) is 6.60. The maximum atomic E-state index is 13.1. The Morgan fingerprint density at radius 2 is 1.67 bits per heavy atom. The van der Waals surface area contributed by atoms with E-state index in [1.807, 2.05) is 25.1 Å². The van der Waals surface area contributed by atoms with E-state index >= 15 is 0 Å². The fourth-order valence-corrected chi connectivity index (χ4v) is 3.23. The summed E-state index contributed by atoms with van der Waals surface area (Å²) in [7, 11) is 0. The van der Waals surface area contributed by atoms with Crippen LogP contribution in [0.2, 0.25) is 0 Å². The molecular formula is C20H21FN6. The molecule has 4 rings (SSSR count). The molecule has 4 heterocycles. The summed E-state index contributed by atoms with van der Waals surface area (Å²) in [6.07, 6.45) is 3.01.